The van der Waals surface area contributed by atoms with E-state index < -0.39 is 0 Å². The molecule has 17 heavy (non-hydrogen) atoms. The van der Waals surface area contributed by atoms with E-state index in [9.17, 15) is 5.11 Å². The summed E-state index contributed by atoms with van der Waals surface area (Å²) in [6.07, 6.45) is 1.94. The van der Waals surface area contributed by atoms with Crippen LogP contribution < -0.4 is 5.32 Å². The van der Waals surface area contributed by atoms with Crippen LogP contribution in [0, 0.1) is 5.92 Å². The minimum Gasteiger partial charge on any atom is -0.508 e. The van der Waals surface area contributed by atoms with Crippen molar-refractivity contribution in [1.82, 2.24) is 5.32 Å². The van der Waals surface area contributed by atoms with E-state index >= 15 is 0 Å². The quantitative estimate of drug-likeness (QED) is 0.750. The van der Waals surface area contributed by atoms with Gasteiger partial charge in [0, 0.05) is 29.4 Å². The van der Waals surface area contributed by atoms with Crippen LogP contribution >= 0.6 is 11.6 Å². The van der Waals surface area contributed by atoms with E-state index in [4.69, 9.17) is 11.6 Å². The molecule has 3 unspecified atom stereocenters. The van der Waals surface area contributed by atoms with Crippen molar-refractivity contribution >= 4 is 17.4 Å². The molecule has 90 valence electrons. The topological polar surface area (TPSA) is 32.3 Å². The third-order valence-electron chi connectivity index (χ3n) is 4.07. The SMILES string of the molecule is CC12C=C(O)c3ccccc3C1C(CCl)CN2. The molecule has 2 nitrogen and oxygen atoms in total. The Hall–Kier alpha value is -0.990. The van der Waals surface area contributed by atoms with E-state index in [1.54, 1.807) is 0 Å². The van der Waals surface area contributed by atoms with Crippen LogP contribution in [-0.2, 0) is 0 Å². The molecule has 1 aliphatic heterocycles. The number of benzene rings is 1. The zero-order valence-corrected chi connectivity index (χ0v) is 10.5. The lowest BCUT2D eigenvalue weighted by Gasteiger charge is -2.36. The molecule has 1 aromatic carbocycles. The molecule has 2 N–H and O–H groups in total. The van der Waals surface area contributed by atoms with Crippen molar-refractivity contribution in [1.29, 1.82) is 0 Å². The van der Waals surface area contributed by atoms with Crippen LogP contribution in [0.25, 0.3) is 5.76 Å². The summed E-state index contributed by atoms with van der Waals surface area (Å²) >= 11 is 6.07. The van der Waals surface area contributed by atoms with Crippen LogP contribution in [0.1, 0.15) is 24.0 Å². The lowest BCUT2D eigenvalue weighted by molar-refractivity contribution is 0.404. The second-order valence-electron chi connectivity index (χ2n) is 5.17. The van der Waals surface area contributed by atoms with Crippen molar-refractivity contribution in [2.75, 3.05) is 12.4 Å². The van der Waals surface area contributed by atoms with Crippen molar-refractivity contribution in [2.45, 2.75) is 18.4 Å². The predicted molar refractivity (Wildman–Crippen MR) is 70.4 cm³/mol. The Labute approximate surface area is 106 Å². The molecular formula is C14H16ClNO. The maximum atomic E-state index is 10.1. The van der Waals surface area contributed by atoms with Crippen molar-refractivity contribution in [3.05, 3.63) is 41.5 Å². The first kappa shape index (κ1) is 11.1. The fraction of sp³-hybridized carbons (Fsp3) is 0.429. The lowest BCUT2D eigenvalue weighted by Crippen LogP contribution is -2.41. The van der Waals surface area contributed by atoms with Crippen LogP contribution in [0.4, 0.5) is 0 Å². The van der Waals surface area contributed by atoms with E-state index in [2.05, 4.69) is 18.3 Å². The second-order valence-corrected chi connectivity index (χ2v) is 5.48. The number of nitrogens with one attached hydrogen (secondary N) is 1. The second kappa shape index (κ2) is 3.76. The van der Waals surface area contributed by atoms with Crippen LogP contribution in [-0.4, -0.2) is 23.1 Å². The molecule has 3 rings (SSSR count). The van der Waals surface area contributed by atoms with Gasteiger partial charge >= 0.3 is 0 Å². The van der Waals surface area contributed by atoms with E-state index in [1.807, 2.05) is 24.3 Å². The van der Waals surface area contributed by atoms with Gasteiger partial charge in [-0.1, -0.05) is 24.3 Å². The first-order valence-electron chi connectivity index (χ1n) is 5.98. The molecule has 3 atom stereocenters. The number of aliphatic hydroxyl groups is 1. The number of hydrogen-bond donors (Lipinski definition) is 2. The molecule has 0 bridgehead atoms. The van der Waals surface area contributed by atoms with Crippen molar-refractivity contribution in [2.24, 2.45) is 5.92 Å². The first-order valence-corrected chi connectivity index (χ1v) is 6.51. The highest BCUT2D eigenvalue weighted by atomic mass is 35.5. The van der Waals surface area contributed by atoms with E-state index in [0.29, 0.717) is 23.5 Å². The van der Waals surface area contributed by atoms with Crippen molar-refractivity contribution in [3.8, 4) is 0 Å². The maximum Gasteiger partial charge on any atom is 0.120 e. The average Bonchev–Trinajstić information content (AvgIpc) is 2.66. The summed E-state index contributed by atoms with van der Waals surface area (Å²) in [5, 5.41) is 13.6. The molecule has 0 aromatic heterocycles. The smallest absolute Gasteiger partial charge is 0.120 e. The van der Waals surface area contributed by atoms with Gasteiger partial charge < -0.3 is 10.4 Å². The molecule has 1 saturated heterocycles. The Balaban J connectivity index is 2.18. The van der Waals surface area contributed by atoms with E-state index in [0.717, 1.165) is 12.1 Å². The lowest BCUT2D eigenvalue weighted by atomic mass is 9.72. The molecule has 2 aliphatic rings. The van der Waals surface area contributed by atoms with Gasteiger partial charge in [-0.15, -0.1) is 11.6 Å². The average molecular weight is 250 g/mol. The normalized spacial score (nSPS) is 35.1. The van der Waals surface area contributed by atoms with Gasteiger partial charge in [0.05, 0.1) is 0 Å². The summed E-state index contributed by atoms with van der Waals surface area (Å²) in [6, 6.07) is 8.07. The van der Waals surface area contributed by atoms with Crippen molar-refractivity contribution in [3.63, 3.8) is 0 Å². The van der Waals surface area contributed by atoms with Gasteiger partial charge in [-0.2, -0.15) is 0 Å². The molecule has 1 aromatic rings. The van der Waals surface area contributed by atoms with E-state index in [-0.39, 0.29) is 5.54 Å². The molecule has 0 amide bonds. The summed E-state index contributed by atoms with van der Waals surface area (Å²) in [5.41, 5.74) is 2.00. The van der Waals surface area contributed by atoms with Crippen molar-refractivity contribution < 1.29 is 5.11 Å². The summed E-state index contributed by atoms with van der Waals surface area (Å²) in [5.74, 6) is 1.80. The van der Waals surface area contributed by atoms with Crippen LogP contribution in [0.3, 0.4) is 0 Å². The molecule has 1 aliphatic carbocycles. The van der Waals surface area contributed by atoms with Gasteiger partial charge in [-0.25, -0.2) is 0 Å². The third-order valence-corrected chi connectivity index (χ3v) is 4.47. The number of rotatable bonds is 1. The Morgan fingerprint density at radius 3 is 3.00 bits per heavy atom. The number of hydrogen-bond acceptors (Lipinski definition) is 2. The highest BCUT2D eigenvalue weighted by molar-refractivity contribution is 6.18. The summed E-state index contributed by atoms with van der Waals surface area (Å²) in [4.78, 5) is 0. The number of alkyl halides is 1. The fourth-order valence-corrected chi connectivity index (χ4v) is 3.58. The molecule has 0 spiro atoms. The highest BCUT2D eigenvalue weighted by Gasteiger charge is 2.47. The fourth-order valence-electron chi connectivity index (χ4n) is 3.29. The summed E-state index contributed by atoms with van der Waals surface area (Å²) < 4.78 is 0. The highest BCUT2D eigenvalue weighted by Crippen LogP contribution is 2.47. The zero-order valence-electron chi connectivity index (χ0n) is 9.78. The van der Waals surface area contributed by atoms with E-state index in [1.165, 1.54) is 5.56 Å². The molecule has 1 fully saturated rings. The predicted octanol–water partition coefficient (Wildman–Crippen LogP) is 2.90. The largest absolute Gasteiger partial charge is 0.508 e. The minimum atomic E-state index is -0.169. The number of aliphatic hydroxyl groups excluding tert-OH is 1. The number of fused-ring (bicyclic) bond motifs is 3. The standard InChI is InChI=1S/C14H16ClNO/c1-14-6-12(17)10-4-2-3-5-11(10)13(14)9(7-15)8-16-14/h2-6,9,13,16-17H,7-8H2,1H3. The molecule has 3 heteroatoms. The van der Waals surface area contributed by atoms with Crippen LogP contribution in [0.2, 0.25) is 0 Å². The minimum absolute atomic E-state index is 0.169. The van der Waals surface area contributed by atoms with Crippen LogP contribution in [0.5, 0.6) is 0 Å². The summed E-state index contributed by atoms with van der Waals surface area (Å²) in [7, 11) is 0. The Morgan fingerprint density at radius 1 is 1.47 bits per heavy atom. The van der Waals surface area contributed by atoms with Crippen LogP contribution in [0.15, 0.2) is 30.3 Å². The maximum absolute atomic E-state index is 10.1. The van der Waals surface area contributed by atoms with Gasteiger partial charge in [0.25, 0.3) is 0 Å². The summed E-state index contributed by atoms with van der Waals surface area (Å²) in [6.45, 7) is 3.04. The number of halogens is 1. The monoisotopic (exact) mass is 249 g/mol. The van der Waals surface area contributed by atoms with Gasteiger partial charge in [0.2, 0.25) is 0 Å². The Bertz CT molecular complexity index is 485. The Kier molecular flexibility index (Phi) is 2.46. The molecule has 0 saturated carbocycles. The third kappa shape index (κ3) is 1.51. The van der Waals surface area contributed by atoms with Gasteiger partial charge in [-0.3, -0.25) is 0 Å². The molecule has 1 heterocycles. The Morgan fingerprint density at radius 2 is 2.24 bits per heavy atom. The molecule has 0 radical (unpaired) electrons. The van der Waals surface area contributed by atoms with Gasteiger partial charge in [0.15, 0.2) is 0 Å². The first-order chi connectivity index (χ1) is 8.15. The molecular weight excluding hydrogens is 234 g/mol. The zero-order chi connectivity index (χ0) is 12.0. The van der Waals surface area contributed by atoms with Gasteiger partial charge in [0.1, 0.15) is 5.76 Å². The van der Waals surface area contributed by atoms with Gasteiger partial charge in [-0.05, 0) is 24.5 Å².